The summed E-state index contributed by atoms with van der Waals surface area (Å²) in [7, 11) is 6.77. The summed E-state index contributed by atoms with van der Waals surface area (Å²) in [5.74, 6) is -9.51. The van der Waals surface area contributed by atoms with Crippen molar-refractivity contribution in [2.24, 2.45) is 29.4 Å². The molecule has 0 spiro atoms. The Morgan fingerprint density at radius 3 is 2.48 bits per heavy atom. The number of furan rings is 1. The number of amides is 1. The summed E-state index contributed by atoms with van der Waals surface area (Å²) in [5.41, 5.74) is 4.71. The number of ketones is 4. The van der Waals surface area contributed by atoms with Gasteiger partial charge in [-0.05, 0) is 56.6 Å². The fourth-order valence-corrected chi connectivity index (χ4v) is 6.94. The van der Waals surface area contributed by atoms with Crippen LogP contribution in [0.15, 0.2) is 33.3 Å². The normalized spacial score (nSPS) is 29.9. The lowest BCUT2D eigenvalue weighted by Crippen LogP contribution is -2.74. The van der Waals surface area contributed by atoms with E-state index in [1.807, 2.05) is 19.0 Å². The van der Waals surface area contributed by atoms with Gasteiger partial charge in [0.2, 0.25) is 5.91 Å². The second-order valence-corrected chi connectivity index (χ2v) is 11.3. The Labute approximate surface area is 228 Å². The molecule has 2 aromatic heterocycles. The van der Waals surface area contributed by atoms with Crippen molar-refractivity contribution in [1.82, 2.24) is 9.88 Å². The molecule has 0 bridgehead atoms. The Morgan fingerprint density at radius 1 is 1.15 bits per heavy atom. The van der Waals surface area contributed by atoms with E-state index in [0.29, 0.717) is 22.5 Å². The van der Waals surface area contributed by atoms with Gasteiger partial charge in [-0.1, -0.05) is 0 Å². The van der Waals surface area contributed by atoms with E-state index >= 15 is 0 Å². The van der Waals surface area contributed by atoms with Gasteiger partial charge in [0.1, 0.15) is 5.52 Å². The molecule has 3 aliphatic rings. The Kier molecular flexibility index (Phi) is 5.65. The molecule has 0 radical (unpaired) electrons. The fourth-order valence-electron chi connectivity index (χ4n) is 6.94. The Morgan fingerprint density at radius 2 is 1.88 bits per heavy atom. The molecule has 40 heavy (non-hydrogen) atoms. The van der Waals surface area contributed by atoms with E-state index in [1.54, 1.807) is 32.3 Å². The number of oxazole rings is 1. The third kappa shape index (κ3) is 3.32. The van der Waals surface area contributed by atoms with Crippen molar-refractivity contribution < 1.29 is 37.9 Å². The highest BCUT2D eigenvalue weighted by Crippen LogP contribution is 2.51. The lowest BCUT2D eigenvalue weighted by molar-refractivity contribution is -0.181. The van der Waals surface area contributed by atoms with E-state index in [1.165, 1.54) is 11.2 Å². The molecular weight excluding hydrogens is 520 g/mol. The first-order chi connectivity index (χ1) is 18.9. The van der Waals surface area contributed by atoms with Gasteiger partial charge < -0.3 is 24.6 Å². The summed E-state index contributed by atoms with van der Waals surface area (Å²) in [5, 5.41) is 11.8. The summed E-state index contributed by atoms with van der Waals surface area (Å²) in [6, 6.07) is 4.01. The summed E-state index contributed by atoms with van der Waals surface area (Å²) in [6.07, 6.45) is 1.75. The first-order valence-electron chi connectivity index (χ1n) is 12.9. The van der Waals surface area contributed by atoms with E-state index < -0.39 is 64.4 Å². The molecule has 0 aliphatic heterocycles. The number of hydrogen-bond donors (Lipinski definition) is 2. The van der Waals surface area contributed by atoms with Crippen LogP contribution in [0.3, 0.4) is 0 Å². The van der Waals surface area contributed by atoms with Crippen molar-refractivity contribution >= 4 is 45.8 Å². The first kappa shape index (κ1) is 26.1. The maximum absolute atomic E-state index is 14.2. The zero-order valence-corrected chi connectivity index (χ0v) is 22.3. The van der Waals surface area contributed by atoms with Gasteiger partial charge in [-0.2, -0.15) is 0 Å². The molecular formula is C28H28N4O8. The average Bonchev–Trinajstić information content (AvgIpc) is 3.55. The maximum Gasteiger partial charge on any atom is 0.263 e. The Hall–Kier alpha value is -4.16. The first-order valence-corrected chi connectivity index (χ1v) is 12.9. The Bertz CT molecular complexity index is 1620. The van der Waals surface area contributed by atoms with Crippen molar-refractivity contribution in [3.8, 4) is 11.7 Å². The molecule has 3 aliphatic carbocycles. The number of fused-ring (bicyclic) bond motifs is 5. The number of nitrogens with two attached hydrogens (primary N) is 1. The zero-order valence-electron chi connectivity index (χ0n) is 22.3. The van der Waals surface area contributed by atoms with Crippen molar-refractivity contribution in [3.05, 3.63) is 35.6 Å². The predicted molar refractivity (Wildman–Crippen MR) is 139 cm³/mol. The van der Waals surface area contributed by atoms with Crippen LogP contribution in [0.5, 0.6) is 0 Å². The van der Waals surface area contributed by atoms with Crippen LogP contribution in [0, 0.1) is 23.7 Å². The van der Waals surface area contributed by atoms with E-state index in [4.69, 9.17) is 14.6 Å². The molecule has 3 N–H and O–H groups in total. The van der Waals surface area contributed by atoms with E-state index in [2.05, 4.69) is 4.98 Å². The molecule has 12 heteroatoms. The molecule has 208 valence electrons. The van der Waals surface area contributed by atoms with E-state index in [9.17, 15) is 29.1 Å². The number of aliphatic hydroxyl groups is 1. The fraction of sp³-hybridized carbons (Fsp3) is 0.429. The van der Waals surface area contributed by atoms with Gasteiger partial charge in [-0.3, -0.25) is 28.9 Å². The highest BCUT2D eigenvalue weighted by Gasteiger charge is 2.69. The van der Waals surface area contributed by atoms with Crippen LogP contribution in [-0.2, 0) is 25.6 Å². The smallest absolute Gasteiger partial charge is 0.263 e. The van der Waals surface area contributed by atoms with Gasteiger partial charge in [0.15, 0.2) is 46.0 Å². The molecule has 2 unspecified atom stereocenters. The van der Waals surface area contributed by atoms with Gasteiger partial charge in [-0.25, -0.2) is 4.98 Å². The molecule has 1 amide bonds. The molecule has 1 aromatic carbocycles. The second-order valence-electron chi connectivity index (χ2n) is 11.3. The maximum atomic E-state index is 14.2. The summed E-state index contributed by atoms with van der Waals surface area (Å²) < 4.78 is 11.4. The lowest BCUT2D eigenvalue weighted by atomic mass is 9.52. The Balaban J connectivity index is 1.53. The molecule has 3 aromatic rings. The molecule has 2 saturated carbocycles. The van der Waals surface area contributed by atoms with E-state index in [0.717, 1.165) is 0 Å². The van der Waals surface area contributed by atoms with Crippen LogP contribution in [0.25, 0.3) is 22.8 Å². The summed E-state index contributed by atoms with van der Waals surface area (Å²) in [6.45, 7) is 0. The third-order valence-corrected chi connectivity index (χ3v) is 8.63. The highest BCUT2D eigenvalue weighted by molar-refractivity contribution is 6.32. The highest BCUT2D eigenvalue weighted by atomic mass is 16.4. The van der Waals surface area contributed by atoms with Crippen LogP contribution in [-0.4, -0.2) is 83.9 Å². The van der Waals surface area contributed by atoms with Crippen LogP contribution in [0.2, 0.25) is 0 Å². The van der Waals surface area contributed by atoms with Crippen molar-refractivity contribution in [2.45, 2.75) is 24.5 Å². The van der Waals surface area contributed by atoms with Crippen LogP contribution >= 0.6 is 0 Å². The van der Waals surface area contributed by atoms with Crippen molar-refractivity contribution in [1.29, 1.82) is 0 Å². The zero-order chi connectivity index (χ0) is 28.8. The topological polar surface area (TPSA) is 177 Å². The van der Waals surface area contributed by atoms with Crippen LogP contribution < -0.4 is 10.6 Å². The lowest BCUT2D eigenvalue weighted by Gasteiger charge is -2.52. The number of likely N-dealkylation sites (N-methyl/N-ethyl adjacent to an activating group) is 1. The molecule has 2 fully saturated rings. The number of carbonyl (C=O) groups excluding carboxylic acids is 5. The third-order valence-electron chi connectivity index (χ3n) is 8.63. The summed E-state index contributed by atoms with van der Waals surface area (Å²) >= 11 is 0. The number of Topliss-reactive ketones (excluding diaryl/α,β-unsaturated/α-hetero) is 4. The minimum Gasteiger partial charge on any atom is -0.459 e. The van der Waals surface area contributed by atoms with Gasteiger partial charge in [0.25, 0.3) is 5.89 Å². The summed E-state index contributed by atoms with van der Waals surface area (Å²) in [4.78, 5) is 75.0. The van der Waals surface area contributed by atoms with Crippen molar-refractivity contribution in [3.63, 3.8) is 0 Å². The average molecular weight is 549 g/mol. The number of aromatic nitrogens is 1. The largest absolute Gasteiger partial charge is 0.459 e. The van der Waals surface area contributed by atoms with Gasteiger partial charge in [0.05, 0.1) is 23.8 Å². The number of rotatable bonds is 4. The number of anilines is 1. The minimum atomic E-state index is -2.73. The minimum absolute atomic E-state index is 0.0306. The SMILES string of the molecule is CN(C)c1cc2nc(-c3ccco3)oc2c2c1C[C@H]1C[C@H]3[C@H](N(C)C)C(=O)C(C(N)=O)C(=O)[C@@]3(O)C(=O)C1C2=O. The molecule has 2 heterocycles. The molecule has 6 rings (SSSR count). The van der Waals surface area contributed by atoms with Gasteiger partial charge in [-0.15, -0.1) is 0 Å². The predicted octanol–water partition coefficient (Wildman–Crippen LogP) is 0.629. The number of hydrogen-bond acceptors (Lipinski definition) is 11. The monoisotopic (exact) mass is 548 g/mol. The number of carbonyl (C=O) groups is 5. The number of nitrogens with zero attached hydrogens (tertiary/aromatic N) is 3. The van der Waals surface area contributed by atoms with Gasteiger partial charge >= 0.3 is 0 Å². The molecule has 0 saturated heterocycles. The number of primary amides is 1. The second kappa shape index (κ2) is 8.67. The standard InChI is InChI=1S/C28H28N4O8/c1-31(2)15-10-14-23(40-27(30-14)16-6-5-7-39-16)18-12(15)8-11-9-13-20(32(3)4)22(34)19(26(29)37)25(36)28(13,38)24(35)17(11)21(18)33/h5-7,10-11,13,17,19-20,38H,8-9H2,1-4H3,(H2,29,37)/t11-,13-,17?,19?,20-,28-/m0/s1. The number of benzene rings is 1. The molecule has 12 nitrogen and oxygen atoms in total. The van der Waals surface area contributed by atoms with Gasteiger partial charge in [0, 0.05) is 25.7 Å². The van der Waals surface area contributed by atoms with E-state index in [-0.39, 0.29) is 29.9 Å². The quantitative estimate of drug-likeness (QED) is 0.437. The molecule has 6 atom stereocenters. The van der Waals surface area contributed by atoms with Crippen LogP contribution in [0.4, 0.5) is 5.69 Å². The van der Waals surface area contributed by atoms with Crippen LogP contribution in [0.1, 0.15) is 22.3 Å². The van der Waals surface area contributed by atoms with Crippen molar-refractivity contribution in [2.75, 3.05) is 33.1 Å².